The molecule has 0 spiro atoms. The van der Waals surface area contributed by atoms with E-state index in [2.05, 4.69) is 17.0 Å². The van der Waals surface area contributed by atoms with Crippen molar-refractivity contribution in [3.05, 3.63) is 63.8 Å². The normalized spacial score (nSPS) is 19.7. The summed E-state index contributed by atoms with van der Waals surface area (Å²) in [5.74, 6) is -0.695. The summed E-state index contributed by atoms with van der Waals surface area (Å²) in [6.45, 7) is 3.92. The van der Waals surface area contributed by atoms with Crippen LogP contribution >= 0.6 is 11.6 Å². The van der Waals surface area contributed by atoms with E-state index in [1.807, 2.05) is 18.2 Å². The van der Waals surface area contributed by atoms with Gasteiger partial charge in [-0.25, -0.2) is 0 Å². The Morgan fingerprint density at radius 1 is 1.23 bits per heavy atom. The Labute approximate surface area is 186 Å². The summed E-state index contributed by atoms with van der Waals surface area (Å²) in [7, 11) is 1.60. The first-order chi connectivity index (χ1) is 14.8. The third-order valence-corrected chi connectivity index (χ3v) is 6.15. The van der Waals surface area contributed by atoms with Crippen LogP contribution in [0.1, 0.15) is 35.7 Å². The quantitative estimate of drug-likeness (QED) is 0.675. The highest BCUT2D eigenvalue weighted by Crippen LogP contribution is 2.40. The number of likely N-dealkylation sites (tertiary alicyclic amines) is 1. The number of carbonyl (C=O) groups is 2. The van der Waals surface area contributed by atoms with Gasteiger partial charge in [-0.15, -0.1) is 0 Å². The molecule has 0 saturated carbocycles. The van der Waals surface area contributed by atoms with Crippen LogP contribution in [0.25, 0.3) is 0 Å². The maximum absolute atomic E-state index is 13.1. The summed E-state index contributed by atoms with van der Waals surface area (Å²) in [4.78, 5) is 29.0. The zero-order valence-electron chi connectivity index (χ0n) is 17.6. The fourth-order valence-electron chi connectivity index (χ4n) is 4.17. The molecule has 7 nitrogen and oxygen atoms in total. The van der Waals surface area contributed by atoms with Crippen LogP contribution in [0.15, 0.2) is 42.5 Å². The number of carbonyl (C=O) groups excluding carboxylic acids is 2. The third kappa shape index (κ3) is 4.39. The number of hydrogen-bond acceptors (Lipinski definition) is 5. The molecule has 1 unspecified atom stereocenters. The molecular formula is C23H25ClN3O4-. The van der Waals surface area contributed by atoms with Gasteiger partial charge in [0.15, 0.2) is 11.9 Å². The minimum Gasteiger partial charge on any atom is -0.756 e. The molecule has 164 valence electrons. The van der Waals surface area contributed by atoms with Gasteiger partial charge in [0, 0.05) is 37.7 Å². The lowest BCUT2D eigenvalue weighted by atomic mass is 10.0. The van der Waals surface area contributed by atoms with Crippen molar-refractivity contribution in [2.24, 2.45) is 0 Å². The Kier molecular flexibility index (Phi) is 6.18. The maximum Gasteiger partial charge on any atom is 0.267 e. The lowest BCUT2D eigenvalue weighted by molar-refractivity contribution is -0.125. The molecule has 0 aromatic heterocycles. The zero-order chi connectivity index (χ0) is 22.1. The van der Waals surface area contributed by atoms with Gasteiger partial charge in [0.25, 0.3) is 5.91 Å². The van der Waals surface area contributed by atoms with Gasteiger partial charge in [0.05, 0.1) is 11.3 Å². The second-order valence-electron chi connectivity index (χ2n) is 8.08. The molecule has 2 heterocycles. The summed E-state index contributed by atoms with van der Waals surface area (Å²) in [6.07, 6.45) is 0.451. The standard InChI is InChI=1S/C23H25ClN3O4/c1-15-22(28)25(2)20-13-17(24)12-19(21(20)31-15)23(29)27(30)18-8-10-26(11-9-18)14-16-6-4-3-5-7-16/h3-7,12-13,15,18H,8-11,14H2,1-2H3/q-1. The number of fused-ring (bicyclic) bond motifs is 1. The van der Waals surface area contributed by atoms with E-state index in [0.717, 1.165) is 19.6 Å². The van der Waals surface area contributed by atoms with Crippen molar-refractivity contribution in [3.8, 4) is 5.75 Å². The molecule has 2 aliphatic rings. The monoisotopic (exact) mass is 442 g/mol. The molecule has 1 atom stereocenters. The maximum atomic E-state index is 13.1. The average Bonchev–Trinajstić information content (AvgIpc) is 2.78. The Balaban J connectivity index is 1.47. The number of anilines is 1. The fraction of sp³-hybridized carbons (Fsp3) is 0.391. The Morgan fingerprint density at radius 2 is 1.90 bits per heavy atom. The number of halogens is 1. The predicted octanol–water partition coefficient (Wildman–Crippen LogP) is 3.69. The van der Waals surface area contributed by atoms with E-state index < -0.39 is 18.1 Å². The number of benzene rings is 2. The number of hydrogen-bond donors (Lipinski definition) is 0. The molecule has 2 aliphatic heterocycles. The lowest BCUT2D eigenvalue weighted by Crippen LogP contribution is -2.45. The largest absolute Gasteiger partial charge is 0.756 e. The van der Waals surface area contributed by atoms with Gasteiger partial charge in [0.2, 0.25) is 5.91 Å². The van der Waals surface area contributed by atoms with Gasteiger partial charge >= 0.3 is 0 Å². The molecule has 2 amide bonds. The van der Waals surface area contributed by atoms with Crippen molar-refractivity contribution in [2.75, 3.05) is 25.0 Å². The molecule has 0 aliphatic carbocycles. The predicted molar refractivity (Wildman–Crippen MR) is 119 cm³/mol. The van der Waals surface area contributed by atoms with E-state index in [0.29, 0.717) is 23.6 Å². The first-order valence-corrected chi connectivity index (χ1v) is 10.8. The molecule has 31 heavy (non-hydrogen) atoms. The molecule has 2 aromatic carbocycles. The second-order valence-corrected chi connectivity index (χ2v) is 8.52. The van der Waals surface area contributed by atoms with Gasteiger partial charge in [-0.05, 0) is 37.5 Å². The summed E-state index contributed by atoms with van der Waals surface area (Å²) in [5, 5.41) is 13.8. The van der Waals surface area contributed by atoms with Gasteiger partial charge < -0.3 is 19.9 Å². The number of rotatable bonds is 4. The molecule has 8 heteroatoms. The molecular weight excluding hydrogens is 418 g/mol. The van der Waals surface area contributed by atoms with Crippen molar-refractivity contribution < 1.29 is 14.3 Å². The van der Waals surface area contributed by atoms with Crippen LogP contribution in [-0.2, 0) is 11.3 Å². The highest BCUT2D eigenvalue weighted by Gasteiger charge is 2.34. The minimum absolute atomic E-state index is 0.0930. The zero-order valence-corrected chi connectivity index (χ0v) is 18.3. The van der Waals surface area contributed by atoms with Crippen LogP contribution in [0.5, 0.6) is 5.75 Å². The van der Waals surface area contributed by atoms with E-state index in [1.165, 1.54) is 16.5 Å². The van der Waals surface area contributed by atoms with Crippen LogP contribution < -0.4 is 9.64 Å². The van der Waals surface area contributed by atoms with Crippen LogP contribution in [0.2, 0.25) is 5.02 Å². The van der Waals surface area contributed by atoms with Crippen molar-refractivity contribution >= 4 is 29.1 Å². The minimum atomic E-state index is -0.744. The van der Waals surface area contributed by atoms with E-state index >= 15 is 0 Å². The SMILES string of the molecule is CC1Oc2c(C(=O)N([O-])C3CCN(Cc4ccccc4)CC3)cc(Cl)cc2N(C)C1=O. The molecule has 1 fully saturated rings. The molecule has 0 bridgehead atoms. The molecule has 0 radical (unpaired) electrons. The van der Waals surface area contributed by atoms with Gasteiger partial charge in [-0.2, -0.15) is 0 Å². The molecule has 4 rings (SSSR count). The number of ether oxygens (including phenoxy) is 1. The fourth-order valence-corrected chi connectivity index (χ4v) is 4.38. The number of amides is 2. The second kappa shape index (κ2) is 8.86. The first-order valence-electron chi connectivity index (χ1n) is 10.4. The highest BCUT2D eigenvalue weighted by molar-refractivity contribution is 6.31. The van der Waals surface area contributed by atoms with Crippen molar-refractivity contribution in [3.63, 3.8) is 0 Å². The Morgan fingerprint density at radius 3 is 2.58 bits per heavy atom. The average molecular weight is 443 g/mol. The molecule has 1 saturated heterocycles. The summed E-state index contributed by atoms with van der Waals surface area (Å²) < 4.78 is 5.70. The number of likely N-dealkylation sites (N-methyl/N-ethyl adjacent to an activating group) is 1. The Hall–Kier alpha value is -2.61. The van der Waals surface area contributed by atoms with Crippen LogP contribution in [0.3, 0.4) is 0 Å². The van der Waals surface area contributed by atoms with Gasteiger partial charge in [-0.1, -0.05) is 41.9 Å². The summed E-state index contributed by atoms with van der Waals surface area (Å²) in [6, 6.07) is 12.8. The highest BCUT2D eigenvalue weighted by atomic mass is 35.5. The van der Waals surface area contributed by atoms with Crippen molar-refractivity contribution in [2.45, 2.75) is 38.5 Å². The molecule has 0 N–H and O–H groups in total. The van der Waals surface area contributed by atoms with Gasteiger partial charge in [0.1, 0.15) is 0 Å². The molecule has 2 aromatic rings. The van der Waals surface area contributed by atoms with Gasteiger partial charge in [-0.3, -0.25) is 14.5 Å². The van der Waals surface area contributed by atoms with E-state index in [9.17, 15) is 14.8 Å². The summed E-state index contributed by atoms with van der Waals surface area (Å²) in [5.41, 5.74) is 1.71. The number of hydroxylamine groups is 2. The Bertz CT molecular complexity index is 976. The smallest absolute Gasteiger partial charge is 0.267 e. The number of piperidine rings is 1. The number of nitrogens with zero attached hydrogens (tertiary/aromatic N) is 3. The van der Waals surface area contributed by atoms with E-state index in [1.54, 1.807) is 20.0 Å². The van der Waals surface area contributed by atoms with Crippen LogP contribution in [-0.4, -0.2) is 54.1 Å². The van der Waals surface area contributed by atoms with E-state index in [-0.39, 0.29) is 22.2 Å². The van der Waals surface area contributed by atoms with Crippen molar-refractivity contribution in [1.82, 2.24) is 9.96 Å². The van der Waals surface area contributed by atoms with Crippen molar-refractivity contribution in [1.29, 1.82) is 0 Å². The lowest BCUT2D eigenvalue weighted by Gasteiger charge is -2.43. The van der Waals surface area contributed by atoms with Crippen LogP contribution in [0.4, 0.5) is 5.69 Å². The van der Waals surface area contributed by atoms with Crippen LogP contribution in [0, 0.1) is 5.21 Å². The summed E-state index contributed by atoms with van der Waals surface area (Å²) >= 11 is 6.19. The van der Waals surface area contributed by atoms with E-state index in [4.69, 9.17) is 16.3 Å². The first kappa shape index (κ1) is 21.6. The third-order valence-electron chi connectivity index (χ3n) is 5.94. The topological polar surface area (TPSA) is 76.2 Å².